The molecule has 0 radical (unpaired) electrons. The second kappa shape index (κ2) is 9.10. The van der Waals surface area contributed by atoms with Crippen molar-refractivity contribution >= 4 is 72.2 Å². The summed E-state index contributed by atoms with van der Waals surface area (Å²) < 4.78 is 30.2. The Morgan fingerprint density at radius 1 is 1.11 bits per heavy atom. The molecule has 1 N–H and O–H groups in total. The van der Waals surface area contributed by atoms with Crippen LogP contribution in [-0.4, -0.2) is 70.9 Å². The summed E-state index contributed by atoms with van der Waals surface area (Å²) in [4.78, 5) is 52.4. The van der Waals surface area contributed by atoms with Gasteiger partial charge >= 0.3 is 5.92 Å². The van der Waals surface area contributed by atoms with Crippen molar-refractivity contribution in [3.05, 3.63) is 63.7 Å². The molecule has 1 saturated heterocycles. The van der Waals surface area contributed by atoms with Crippen molar-refractivity contribution in [3.63, 3.8) is 0 Å². The molecule has 2 aliphatic heterocycles. The fourth-order valence-electron chi connectivity index (χ4n) is 4.72. The van der Waals surface area contributed by atoms with E-state index in [9.17, 15) is 19.2 Å². The largest absolute Gasteiger partial charge is 0.393 e. The summed E-state index contributed by atoms with van der Waals surface area (Å²) in [6.07, 6.45) is 0.376. The Morgan fingerprint density at radius 3 is 2.36 bits per heavy atom. The fraction of sp³-hybridized carbons (Fsp3) is 0.273. The number of hydrogen-bond donors (Lipinski definition) is 1. The first-order chi connectivity index (χ1) is 16.7. The van der Waals surface area contributed by atoms with Crippen LogP contribution in [0.25, 0.3) is 0 Å². The highest BCUT2D eigenvalue weighted by Gasteiger charge is 2.47. The zero-order chi connectivity index (χ0) is 26.6. The topological polar surface area (TPSA) is 86.8 Å². The number of carbonyl (C=O) groups is 4. The number of piperidine rings is 1. The van der Waals surface area contributed by atoms with E-state index in [-0.39, 0.29) is 36.2 Å². The summed E-state index contributed by atoms with van der Waals surface area (Å²) in [6, 6.07) is 7.51. The van der Waals surface area contributed by atoms with Crippen molar-refractivity contribution in [2.75, 3.05) is 0 Å². The number of imide groups is 1. The molecular weight excluding hydrogens is 487 g/mol. The van der Waals surface area contributed by atoms with Crippen molar-refractivity contribution in [2.24, 2.45) is 0 Å². The highest BCUT2D eigenvalue weighted by molar-refractivity contribution is 6.44. The maximum atomic E-state index is 15.1. The fourth-order valence-corrected chi connectivity index (χ4v) is 4.84. The summed E-state index contributed by atoms with van der Waals surface area (Å²) in [5.74, 6) is -6.36. The molecule has 1 atom stereocenters. The van der Waals surface area contributed by atoms with E-state index in [1.165, 1.54) is 25.0 Å². The van der Waals surface area contributed by atoms with E-state index >= 15 is 8.78 Å². The van der Waals surface area contributed by atoms with Crippen LogP contribution in [0.5, 0.6) is 0 Å². The van der Waals surface area contributed by atoms with E-state index < -0.39 is 34.7 Å². The first-order valence-corrected chi connectivity index (χ1v) is 11.8. The number of nitrogens with one attached hydrogen (secondary N) is 1. The standard InChI is InChI=1S/C22H22B4ClF2N3O4/c23-14-8-12(7-10-9-31(19(35)17(10)14)15-5-6-16(33)30-18(15)34)22(24,25)32(26)20(36)21(28,29)11-1-3-13(27)4-2-11/h1-4,7-8,15H,5-6,9,23-26H2,(H,30,33,34). The average Bonchev–Trinajstić information content (AvgIpc) is 3.14. The van der Waals surface area contributed by atoms with Gasteiger partial charge in [0.15, 0.2) is 0 Å². The molecule has 0 aliphatic carbocycles. The molecule has 2 aromatic rings. The van der Waals surface area contributed by atoms with Crippen LogP contribution in [0.1, 0.15) is 39.9 Å². The molecule has 1 unspecified atom stereocenters. The second-order valence-corrected chi connectivity index (χ2v) is 10.2. The van der Waals surface area contributed by atoms with Gasteiger partial charge in [-0.25, -0.2) is 0 Å². The van der Waals surface area contributed by atoms with Gasteiger partial charge in [-0.05, 0) is 35.0 Å². The third-order valence-electron chi connectivity index (χ3n) is 7.14. The van der Waals surface area contributed by atoms with Gasteiger partial charge in [0.2, 0.25) is 19.8 Å². The predicted molar refractivity (Wildman–Crippen MR) is 140 cm³/mol. The van der Waals surface area contributed by atoms with Crippen LogP contribution in [0.15, 0.2) is 36.4 Å². The van der Waals surface area contributed by atoms with Gasteiger partial charge in [0.05, 0.1) is 0 Å². The zero-order valence-corrected chi connectivity index (χ0v) is 21.1. The Kier molecular flexibility index (Phi) is 6.58. The number of fused-ring (bicyclic) bond motifs is 1. The Bertz CT molecular complexity index is 1290. The van der Waals surface area contributed by atoms with Gasteiger partial charge in [0.1, 0.15) is 29.6 Å². The smallest absolute Gasteiger partial charge is 0.348 e. The highest BCUT2D eigenvalue weighted by Crippen LogP contribution is 2.35. The van der Waals surface area contributed by atoms with Crippen molar-refractivity contribution in [1.82, 2.24) is 15.0 Å². The first kappa shape index (κ1) is 26.0. The Hall–Kier alpha value is -3.07. The van der Waals surface area contributed by atoms with E-state index in [0.717, 1.165) is 16.9 Å². The third kappa shape index (κ3) is 4.34. The molecule has 36 heavy (non-hydrogen) atoms. The molecule has 4 rings (SSSR count). The maximum Gasteiger partial charge on any atom is 0.348 e. The minimum absolute atomic E-state index is 0.141. The zero-order valence-electron chi connectivity index (χ0n) is 20.3. The number of alkyl halides is 2. The predicted octanol–water partition coefficient (Wildman–Crippen LogP) is -2.10. The average molecular weight is 509 g/mol. The van der Waals surface area contributed by atoms with Crippen LogP contribution in [0.3, 0.4) is 0 Å². The molecule has 2 aliphatic rings. The SMILES string of the molecule is Bc1cc(C(B)(B)N(B)C(=O)C(F)(F)c2ccc(Cl)cc2)cc2c1C(=O)N(C1CCC(=O)NC1=O)C2. The normalized spacial score (nSPS) is 18.1. The van der Waals surface area contributed by atoms with Crippen molar-refractivity contribution in [3.8, 4) is 0 Å². The molecule has 1 fully saturated rings. The van der Waals surface area contributed by atoms with E-state index in [4.69, 9.17) is 11.6 Å². The molecule has 0 aromatic heterocycles. The molecule has 0 spiro atoms. The van der Waals surface area contributed by atoms with Crippen LogP contribution < -0.4 is 10.8 Å². The quantitative estimate of drug-likeness (QED) is 0.370. The van der Waals surface area contributed by atoms with Crippen molar-refractivity contribution in [1.29, 1.82) is 0 Å². The van der Waals surface area contributed by atoms with Gasteiger partial charge in [-0.15, -0.1) is 0 Å². The molecule has 7 nitrogen and oxygen atoms in total. The second-order valence-electron chi connectivity index (χ2n) is 9.73. The Morgan fingerprint density at radius 2 is 1.75 bits per heavy atom. The third-order valence-corrected chi connectivity index (χ3v) is 7.40. The number of carbonyl (C=O) groups excluding carboxylic acids is 4. The summed E-state index contributed by atoms with van der Waals surface area (Å²) >= 11 is 5.80. The Balaban J connectivity index is 1.62. The summed E-state index contributed by atoms with van der Waals surface area (Å²) in [5, 5.41) is 1.40. The van der Waals surface area contributed by atoms with Crippen molar-refractivity contribution < 1.29 is 28.0 Å². The van der Waals surface area contributed by atoms with Gasteiger partial charge < -0.3 is 9.71 Å². The number of amides is 4. The number of nitrogens with zero attached hydrogens (tertiary/aromatic N) is 2. The maximum absolute atomic E-state index is 15.1. The molecule has 2 heterocycles. The van der Waals surface area contributed by atoms with Crippen LogP contribution >= 0.6 is 11.6 Å². The molecule has 14 heteroatoms. The molecule has 0 bridgehead atoms. The number of benzene rings is 2. The lowest BCUT2D eigenvalue weighted by Gasteiger charge is -2.40. The molecule has 4 amide bonds. The molecular formula is C22H22B4ClF2N3O4. The van der Waals surface area contributed by atoms with Crippen LogP contribution in [-0.2, 0) is 32.2 Å². The molecule has 2 aromatic carbocycles. The van der Waals surface area contributed by atoms with E-state index in [2.05, 4.69) is 5.32 Å². The van der Waals surface area contributed by atoms with E-state index in [0.29, 0.717) is 22.2 Å². The lowest BCUT2D eigenvalue weighted by atomic mass is 9.55. The molecule has 182 valence electrons. The summed E-state index contributed by atoms with van der Waals surface area (Å²) in [6.45, 7) is 0.143. The van der Waals surface area contributed by atoms with Gasteiger partial charge in [-0.1, -0.05) is 41.3 Å². The number of rotatable bonds is 5. The lowest BCUT2D eigenvalue weighted by molar-refractivity contribution is -0.155. The molecule has 0 saturated carbocycles. The van der Waals surface area contributed by atoms with Gasteiger partial charge in [-0.3, -0.25) is 24.5 Å². The van der Waals surface area contributed by atoms with Crippen LogP contribution in [0.2, 0.25) is 5.02 Å². The monoisotopic (exact) mass is 509 g/mol. The Labute approximate surface area is 215 Å². The van der Waals surface area contributed by atoms with Crippen LogP contribution in [0, 0.1) is 0 Å². The van der Waals surface area contributed by atoms with E-state index in [1.807, 2.05) is 0 Å². The number of hydrogen-bond acceptors (Lipinski definition) is 4. The first-order valence-electron chi connectivity index (χ1n) is 11.5. The van der Waals surface area contributed by atoms with Crippen LogP contribution in [0.4, 0.5) is 8.78 Å². The minimum atomic E-state index is -3.78. The van der Waals surface area contributed by atoms with E-state index in [1.54, 1.807) is 35.7 Å². The summed E-state index contributed by atoms with van der Waals surface area (Å²) in [7, 11) is 6.35. The minimum Gasteiger partial charge on any atom is -0.393 e. The van der Waals surface area contributed by atoms with Gasteiger partial charge in [-0.2, -0.15) is 8.78 Å². The summed E-state index contributed by atoms with van der Waals surface area (Å²) in [5.41, 5.74) is 1.80. The van der Waals surface area contributed by atoms with Gasteiger partial charge in [0.25, 0.3) is 11.8 Å². The number of halogens is 3. The van der Waals surface area contributed by atoms with Gasteiger partial charge in [0, 0.05) is 29.1 Å². The lowest BCUT2D eigenvalue weighted by Crippen LogP contribution is -2.54. The highest BCUT2D eigenvalue weighted by atomic mass is 35.5. The van der Waals surface area contributed by atoms with Crippen molar-refractivity contribution in [2.45, 2.75) is 36.7 Å².